The van der Waals surface area contributed by atoms with Gasteiger partial charge in [0.1, 0.15) is 6.54 Å². The zero-order valence-corrected chi connectivity index (χ0v) is 19.6. The fourth-order valence-electron chi connectivity index (χ4n) is 4.38. The predicted octanol–water partition coefficient (Wildman–Crippen LogP) is 4.17. The summed E-state index contributed by atoms with van der Waals surface area (Å²) in [5.74, 6) is 0.573. The van der Waals surface area contributed by atoms with Gasteiger partial charge in [-0.15, -0.1) is 0 Å². The van der Waals surface area contributed by atoms with Crippen LogP contribution in [-0.2, 0) is 16.1 Å². The van der Waals surface area contributed by atoms with Gasteiger partial charge < -0.3 is 14.4 Å². The highest BCUT2D eigenvalue weighted by Crippen LogP contribution is 2.26. The van der Waals surface area contributed by atoms with Crippen molar-refractivity contribution < 1.29 is 9.59 Å². The summed E-state index contributed by atoms with van der Waals surface area (Å²) in [4.78, 5) is 34.6. The van der Waals surface area contributed by atoms with Crippen molar-refractivity contribution in [3.05, 3.63) is 24.3 Å². The SMILES string of the molecule is CC(C)N(C(=O)Cn1c(SCC(=O)N2CCCC[C@H]2C)nc2ccccc21)C(C)C. The smallest absolute Gasteiger partial charge is 0.243 e. The first-order valence-electron chi connectivity index (χ1n) is 11.0. The Morgan fingerprint density at radius 1 is 1.17 bits per heavy atom. The topological polar surface area (TPSA) is 58.4 Å². The molecule has 1 aliphatic rings. The molecule has 2 aromatic rings. The van der Waals surface area contributed by atoms with Crippen LogP contribution < -0.4 is 0 Å². The maximum absolute atomic E-state index is 13.1. The summed E-state index contributed by atoms with van der Waals surface area (Å²) >= 11 is 1.44. The number of carbonyl (C=O) groups is 2. The number of carbonyl (C=O) groups excluding carboxylic acids is 2. The predicted molar refractivity (Wildman–Crippen MR) is 123 cm³/mol. The van der Waals surface area contributed by atoms with Crippen LogP contribution in [0.1, 0.15) is 53.9 Å². The summed E-state index contributed by atoms with van der Waals surface area (Å²) < 4.78 is 1.97. The summed E-state index contributed by atoms with van der Waals surface area (Å²) in [7, 11) is 0. The molecule has 7 heteroatoms. The minimum Gasteiger partial charge on any atom is -0.339 e. The highest BCUT2D eigenvalue weighted by atomic mass is 32.2. The Labute approximate surface area is 184 Å². The zero-order valence-electron chi connectivity index (χ0n) is 18.8. The molecule has 1 atom stereocenters. The van der Waals surface area contributed by atoms with Gasteiger partial charge in [0.05, 0.1) is 16.8 Å². The monoisotopic (exact) mass is 430 g/mol. The molecule has 0 radical (unpaired) electrons. The molecule has 1 aliphatic heterocycles. The second-order valence-corrected chi connectivity index (χ2v) is 9.62. The van der Waals surface area contributed by atoms with E-state index in [-0.39, 0.29) is 30.4 Å². The normalized spacial score (nSPS) is 17.2. The average Bonchev–Trinajstić information content (AvgIpc) is 3.03. The van der Waals surface area contributed by atoms with E-state index in [1.165, 1.54) is 18.2 Å². The molecule has 2 amide bonds. The second kappa shape index (κ2) is 9.86. The van der Waals surface area contributed by atoms with Crippen LogP contribution >= 0.6 is 11.8 Å². The Balaban J connectivity index is 1.81. The lowest BCUT2D eigenvalue weighted by Gasteiger charge is -2.33. The number of thioether (sulfide) groups is 1. The van der Waals surface area contributed by atoms with Crippen molar-refractivity contribution in [2.75, 3.05) is 12.3 Å². The van der Waals surface area contributed by atoms with Crippen LogP contribution in [0, 0.1) is 0 Å². The van der Waals surface area contributed by atoms with E-state index in [1.54, 1.807) is 0 Å². The van der Waals surface area contributed by atoms with Gasteiger partial charge in [0.2, 0.25) is 11.8 Å². The van der Waals surface area contributed by atoms with Crippen molar-refractivity contribution in [3.63, 3.8) is 0 Å². The first kappa shape index (κ1) is 22.7. The fourth-order valence-corrected chi connectivity index (χ4v) is 5.28. The molecular weight excluding hydrogens is 396 g/mol. The molecule has 2 heterocycles. The number of hydrogen-bond donors (Lipinski definition) is 0. The number of benzene rings is 1. The summed E-state index contributed by atoms with van der Waals surface area (Å²) in [6, 6.07) is 8.42. The lowest BCUT2D eigenvalue weighted by Crippen LogP contribution is -2.44. The van der Waals surface area contributed by atoms with E-state index >= 15 is 0 Å². The first-order valence-corrected chi connectivity index (χ1v) is 12.0. The van der Waals surface area contributed by atoms with E-state index in [4.69, 9.17) is 4.98 Å². The molecule has 1 aromatic carbocycles. The number of rotatable bonds is 7. The molecule has 0 N–H and O–H groups in total. The maximum Gasteiger partial charge on any atom is 0.243 e. The molecule has 1 aromatic heterocycles. The van der Waals surface area contributed by atoms with Crippen LogP contribution in [0.5, 0.6) is 0 Å². The number of fused-ring (bicyclic) bond motifs is 1. The third kappa shape index (κ3) is 4.99. The lowest BCUT2D eigenvalue weighted by molar-refractivity contribution is -0.135. The van der Waals surface area contributed by atoms with Crippen molar-refractivity contribution in [2.24, 2.45) is 0 Å². The van der Waals surface area contributed by atoms with Gasteiger partial charge in [0.25, 0.3) is 0 Å². The van der Waals surface area contributed by atoms with E-state index in [1.807, 2.05) is 66.3 Å². The van der Waals surface area contributed by atoms with Gasteiger partial charge >= 0.3 is 0 Å². The number of nitrogens with zero attached hydrogens (tertiary/aromatic N) is 4. The molecule has 0 aliphatic carbocycles. The van der Waals surface area contributed by atoms with Crippen LogP contribution in [-0.4, -0.2) is 61.6 Å². The molecule has 0 unspecified atom stereocenters. The van der Waals surface area contributed by atoms with Gasteiger partial charge in [-0.2, -0.15) is 0 Å². The molecule has 6 nitrogen and oxygen atoms in total. The maximum atomic E-state index is 13.1. The number of para-hydroxylation sites is 2. The molecule has 0 spiro atoms. The van der Waals surface area contributed by atoms with Crippen LogP contribution in [0.4, 0.5) is 0 Å². The summed E-state index contributed by atoms with van der Waals surface area (Å²) in [6.45, 7) is 11.4. The van der Waals surface area contributed by atoms with Gasteiger partial charge in [-0.1, -0.05) is 23.9 Å². The van der Waals surface area contributed by atoms with Crippen LogP contribution in [0.15, 0.2) is 29.4 Å². The van der Waals surface area contributed by atoms with Gasteiger partial charge in [0.15, 0.2) is 5.16 Å². The van der Waals surface area contributed by atoms with Crippen molar-refractivity contribution in [3.8, 4) is 0 Å². The standard InChI is InChI=1S/C23H34N4O2S/c1-16(2)27(17(3)4)21(28)14-26-20-12-7-6-11-19(20)24-23(26)30-15-22(29)25-13-9-8-10-18(25)5/h6-7,11-12,16-18H,8-10,13-15H2,1-5H3/t18-/m1/s1. The van der Waals surface area contributed by atoms with Gasteiger partial charge in [0, 0.05) is 24.7 Å². The summed E-state index contributed by atoms with van der Waals surface area (Å²) in [5.41, 5.74) is 1.78. The fraction of sp³-hybridized carbons (Fsp3) is 0.609. The van der Waals surface area contributed by atoms with Gasteiger partial charge in [-0.05, 0) is 66.0 Å². The number of aromatic nitrogens is 2. The molecule has 30 heavy (non-hydrogen) atoms. The average molecular weight is 431 g/mol. The van der Waals surface area contributed by atoms with Gasteiger partial charge in [-0.25, -0.2) is 4.98 Å². The lowest BCUT2D eigenvalue weighted by atomic mass is 10.0. The number of likely N-dealkylation sites (tertiary alicyclic amines) is 1. The molecule has 0 saturated carbocycles. The molecular formula is C23H34N4O2S. The Hall–Kier alpha value is -2.02. The number of imidazole rings is 1. The molecule has 1 fully saturated rings. The Bertz CT molecular complexity index is 884. The van der Waals surface area contributed by atoms with Crippen LogP contribution in [0.2, 0.25) is 0 Å². The number of hydrogen-bond acceptors (Lipinski definition) is 4. The van der Waals surface area contributed by atoms with Gasteiger partial charge in [-0.3, -0.25) is 9.59 Å². The van der Waals surface area contributed by atoms with E-state index in [0.717, 1.165) is 35.6 Å². The Morgan fingerprint density at radius 2 is 1.87 bits per heavy atom. The van der Waals surface area contributed by atoms with Crippen LogP contribution in [0.3, 0.4) is 0 Å². The zero-order chi connectivity index (χ0) is 21.8. The Morgan fingerprint density at radius 3 is 2.53 bits per heavy atom. The van der Waals surface area contributed by atoms with E-state index in [0.29, 0.717) is 11.8 Å². The summed E-state index contributed by atoms with van der Waals surface area (Å²) in [5, 5.41) is 0.732. The third-order valence-electron chi connectivity index (χ3n) is 5.76. The third-order valence-corrected chi connectivity index (χ3v) is 6.72. The molecule has 1 saturated heterocycles. The first-order chi connectivity index (χ1) is 14.3. The highest BCUT2D eigenvalue weighted by Gasteiger charge is 2.25. The second-order valence-electron chi connectivity index (χ2n) is 8.68. The molecule has 164 valence electrons. The van der Waals surface area contributed by atoms with Crippen molar-refractivity contribution in [1.29, 1.82) is 0 Å². The largest absolute Gasteiger partial charge is 0.339 e. The minimum atomic E-state index is 0.0704. The van der Waals surface area contributed by atoms with Crippen molar-refractivity contribution in [1.82, 2.24) is 19.4 Å². The Kier molecular flexibility index (Phi) is 7.45. The van der Waals surface area contributed by atoms with Crippen molar-refractivity contribution >= 4 is 34.6 Å². The number of piperidine rings is 1. The highest BCUT2D eigenvalue weighted by molar-refractivity contribution is 7.99. The van der Waals surface area contributed by atoms with Crippen molar-refractivity contribution in [2.45, 2.75) is 83.7 Å². The molecule has 3 rings (SSSR count). The van der Waals surface area contributed by atoms with Crippen LogP contribution in [0.25, 0.3) is 11.0 Å². The molecule has 0 bridgehead atoms. The van der Waals surface area contributed by atoms with E-state index < -0.39 is 0 Å². The minimum absolute atomic E-state index is 0.0704. The quantitative estimate of drug-likeness (QED) is 0.619. The van der Waals surface area contributed by atoms with E-state index in [2.05, 4.69) is 6.92 Å². The van der Waals surface area contributed by atoms with E-state index in [9.17, 15) is 9.59 Å². The number of amides is 2. The summed E-state index contributed by atoms with van der Waals surface area (Å²) in [6.07, 6.45) is 3.34.